The van der Waals surface area contributed by atoms with E-state index in [1.54, 1.807) is 17.0 Å². The molecule has 0 bridgehead atoms. The maximum atomic E-state index is 12.9. The molecule has 0 saturated carbocycles. The second-order valence-electron chi connectivity index (χ2n) is 3.48. The van der Waals surface area contributed by atoms with Gasteiger partial charge in [0.1, 0.15) is 5.82 Å². The molecule has 2 N–H and O–H groups in total. The summed E-state index contributed by atoms with van der Waals surface area (Å²) in [6, 6.07) is 5.99. The van der Waals surface area contributed by atoms with E-state index in [0.29, 0.717) is 12.5 Å². The van der Waals surface area contributed by atoms with Gasteiger partial charge in [0.15, 0.2) is 0 Å². The Kier molecular flexibility index (Phi) is 3.57. The first-order valence-electron chi connectivity index (χ1n) is 5.30. The molecule has 0 aliphatic carbocycles. The standard InChI is InChI=1S/C11H11ClFN5/c1-2-18(8-5-3-7(13)4-6-8)11-16-9(12)15-10(14)17-11/h3-6H,2H2,1H3,(H2,14,15,16,17). The van der Waals surface area contributed by atoms with Gasteiger partial charge in [0.25, 0.3) is 0 Å². The Morgan fingerprint density at radius 3 is 2.44 bits per heavy atom. The Bertz CT molecular complexity index is 525. The fraction of sp³-hybridized carbons (Fsp3) is 0.182. The van der Waals surface area contributed by atoms with Crippen molar-refractivity contribution in [2.75, 3.05) is 17.2 Å². The van der Waals surface area contributed by atoms with Crippen molar-refractivity contribution in [3.63, 3.8) is 0 Å². The van der Waals surface area contributed by atoms with Gasteiger partial charge in [-0.05, 0) is 42.8 Å². The van der Waals surface area contributed by atoms with E-state index in [9.17, 15) is 4.39 Å². The Labute approximate surface area is 108 Å². The minimum atomic E-state index is -0.303. The van der Waals surface area contributed by atoms with E-state index in [4.69, 9.17) is 17.3 Å². The predicted molar refractivity (Wildman–Crippen MR) is 68.3 cm³/mol. The van der Waals surface area contributed by atoms with Crippen LogP contribution in [-0.4, -0.2) is 21.5 Å². The number of aromatic nitrogens is 3. The summed E-state index contributed by atoms with van der Waals surface area (Å²) in [4.78, 5) is 13.5. The van der Waals surface area contributed by atoms with Gasteiger partial charge in [-0.3, -0.25) is 0 Å². The molecule has 18 heavy (non-hydrogen) atoms. The number of anilines is 3. The van der Waals surface area contributed by atoms with Crippen LogP contribution in [0.25, 0.3) is 0 Å². The first-order valence-corrected chi connectivity index (χ1v) is 5.68. The molecule has 1 aromatic carbocycles. The van der Waals surface area contributed by atoms with Crippen LogP contribution in [0.1, 0.15) is 6.92 Å². The minimum absolute atomic E-state index is 0.0260. The quantitative estimate of drug-likeness (QED) is 0.925. The summed E-state index contributed by atoms with van der Waals surface area (Å²) in [5.74, 6) is 0.0789. The fourth-order valence-corrected chi connectivity index (χ4v) is 1.70. The van der Waals surface area contributed by atoms with Crippen molar-refractivity contribution < 1.29 is 4.39 Å². The van der Waals surface area contributed by atoms with E-state index in [-0.39, 0.29) is 17.0 Å². The van der Waals surface area contributed by atoms with Crippen molar-refractivity contribution in [1.29, 1.82) is 0 Å². The molecule has 5 nitrogen and oxygen atoms in total. The van der Waals surface area contributed by atoms with Crippen LogP contribution < -0.4 is 10.6 Å². The fourth-order valence-electron chi connectivity index (χ4n) is 1.54. The zero-order valence-corrected chi connectivity index (χ0v) is 10.4. The largest absolute Gasteiger partial charge is 0.368 e. The van der Waals surface area contributed by atoms with Crippen LogP contribution in [-0.2, 0) is 0 Å². The molecule has 0 aliphatic heterocycles. The average Bonchev–Trinajstić information content (AvgIpc) is 2.31. The molecular weight excluding hydrogens is 257 g/mol. The van der Waals surface area contributed by atoms with Crippen molar-refractivity contribution in [1.82, 2.24) is 15.0 Å². The van der Waals surface area contributed by atoms with Gasteiger partial charge < -0.3 is 10.6 Å². The highest BCUT2D eigenvalue weighted by Gasteiger charge is 2.12. The Balaban J connectivity index is 2.41. The molecule has 0 spiro atoms. The van der Waals surface area contributed by atoms with Gasteiger partial charge in [-0.25, -0.2) is 4.39 Å². The summed E-state index contributed by atoms with van der Waals surface area (Å²) >= 11 is 5.73. The van der Waals surface area contributed by atoms with Gasteiger partial charge in [0.2, 0.25) is 17.2 Å². The van der Waals surface area contributed by atoms with Gasteiger partial charge in [-0.1, -0.05) is 0 Å². The second-order valence-corrected chi connectivity index (χ2v) is 3.82. The SMILES string of the molecule is CCN(c1ccc(F)cc1)c1nc(N)nc(Cl)n1. The number of nitrogen functional groups attached to an aromatic ring is 1. The van der Waals surface area contributed by atoms with Gasteiger partial charge in [-0.2, -0.15) is 15.0 Å². The lowest BCUT2D eigenvalue weighted by Gasteiger charge is -2.20. The van der Waals surface area contributed by atoms with Crippen LogP contribution in [0.4, 0.5) is 22.0 Å². The van der Waals surface area contributed by atoms with E-state index in [1.165, 1.54) is 12.1 Å². The lowest BCUT2D eigenvalue weighted by atomic mass is 10.3. The van der Waals surface area contributed by atoms with Crippen LogP contribution in [0.2, 0.25) is 5.28 Å². The Hall–Kier alpha value is -1.95. The van der Waals surface area contributed by atoms with Crippen LogP contribution in [0.3, 0.4) is 0 Å². The minimum Gasteiger partial charge on any atom is -0.368 e. The summed E-state index contributed by atoms with van der Waals surface area (Å²) < 4.78 is 12.9. The molecular formula is C11H11ClFN5. The van der Waals surface area contributed by atoms with Crippen LogP contribution >= 0.6 is 11.6 Å². The van der Waals surface area contributed by atoms with E-state index < -0.39 is 0 Å². The van der Waals surface area contributed by atoms with Crippen LogP contribution in [0, 0.1) is 5.82 Å². The monoisotopic (exact) mass is 267 g/mol. The van der Waals surface area contributed by atoms with Crippen molar-refractivity contribution in [3.05, 3.63) is 35.4 Å². The summed E-state index contributed by atoms with van der Waals surface area (Å²) in [5.41, 5.74) is 6.27. The van der Waals surface area contributed by atoms with Crippen molar-refractivity contribution in [3.8, 4) is 0 Å². The van der Waals surface area contributed by atoms with E-state index in [0.717, 1.165) is 5.69 Å². The molecule has 7 heteroatoms. The molecule has 1 heterocycles. The predicted octanol–water partition coefficient (Wildman–Crippen LogP) is 2.40. The first kappa shape index (κ1) is 12.5. The molecule has 0 aliphatic rings. The highest BCUT2D eigenvalue weighted by molar-refractivity contribution is 6.28. The van der Waals surface area contributed by atoms with Gasteiger partial charge in [-0.15, -0.1) is 0 Å². The van der Waals surface area contributed by atoms with E-state index in [2.05, 4.69) is 15.0 Å². The third kappa shape index (κ3) is 2.65. The van der Waals surface area contributed by atoms with E-state index >= 15 is 0 Å². The van der Waals surface area contributed by atoms with Crippen molar-refractivity contribution >= 4 is 29.2 Å². The maximum absolute atomic E-state index is 12.9. The molecule has 2 rings (SSSR count). The summed E-state index contributed by atoms with van der Waals surface area (Å²) in [5, 5.41) is 0.0260. The molecule has 0 amide bonds. The van der Waals surface area contributed by atoms with Gasteiger partial charge in [0.05, 0.1) is 0 Å². The molecule has 94 valence electrons. The number of hydrogen-bond donors (Lipinski definition) is 1. The lowest BCUT2D eigenvalue weighted by Crippen LogP contribution is -2.19. The van der Waals surface area contributed by atoms with Crippen LogP contribution in [0.5, 0.6) is 0 Å². The molecule has 1 aromatic heterocycles. The molecule has 0 atom stereocenters. The summed E-state index contributed by atoms with van der Waals surface area (Å²) in [6.45, 7) is 2.50. The lowest BCUT2D eigenvalue weighted by molar-refractivity contribution is 0.627. The zero-order chi connectivity index (χ0) is 13.1. The third-order valence-corrected chi connectivity index (χ3v) is 2.48. The maximum Gasteiger partial charge on any atom is 0.236 e. The van der Waals surface area contributed by atoms with Crippen molar-refractivity contribution in [2.24, 2.45) is 0 Å². The molecule has 2 aromatic rings. The highest BCUT2D eigenvalue weighted by Crippen LogP contribution is 2.23. The third-order valence-electron chi connectivity index (χ3n) is 2.31. The number of halogens is 2. The first-order chi connectivity index (χ1) is 8.60. The number of benzene rings is 1. The van der Waals surface area contributed by atoms with E-state index in [1.807, 2.05) is 6.92 Å². The van der Waals surface area contributed by atoms with Crippen LogP contribution in [0.15, 0.2) is 24.3 Å². The zero-order valence-electron chi connectivity index (χ0n) is 9.64. The Morgan fingerprint density at radius 2 is 1.89 bits per heavy atom. The van der Waals surface area contributed by atoms with Gasteiger partial charge in [0, 0.05) is 12.2 Å². The number of rotatable bonds is 3. The highest BCUT2D eigenvalue weighted by atomic mass is 35.5. The molecule has 0 unspecified atom stereocenters. The Morgan fingerprint density at radius 1 is 1.22 bits per heavy atom. The normalized spacial score (nSPS) is 10.4. The molecule has 0 radical (unpaired) electrons. The number of nitrogens with two attached hydrogens (primary N) is 1. The second kappa shape index (κ2) is 5.14. The summed E-state index contributed by atoms with van der Waals surface area (Å²) in [7, 11) is 0. The van der Waals surface area contributed by atoms with Gasteiger partial charge >= 0.3 is 0 Å². The number of nitrogens with zero attached hydrogens (tertiary/aromatic N) is 4. The topological polar surface area (TPSA) is 67.9 Å². The smallest absolute Gasteiger partial charge is 0.236 e. The molecule has 0 fully saturated rings. The number of hydrogen-bond acceptors (Lipinski definition) is 5. The average molecular weight is 268 g/mol. The van der Waals surface area contributed by atoms with Crippen molar-refractivity contribution in [2.45, 2.75) is 6.92 Å². The molecule has 0 saturated heterocycles. The summed E-state index contributed by atoms with van der Waals surface area (Å²) in [6.07, 6.45) is 0.